The fourth-order valence-corrected chi connectivity index (χ4v) is 1.78. The summed E-state index contributed by atoms with van der Waals surface area (Å²) in [5, 5.41) is 2.91. The Morgan fingerprint density at radius 1 is 1.30 bits per heavy atom. The molecule has 1 N–H and O–H groups in total. The van der Waals surface area contributed by atoms with E-state index in [4.69, 9.17) is 4.74 Å². The lowest BCUT2D eigenvalue weighted by atomic mass is 10.2. The normalized spacial score (nSPS) is 10.9. The molecule has 0 heterocycles. The number of benzene rings is 1. The number of nitrogens with zero attached hydrogens (tertiary/aromatic N) is 1. The van der Waals surface area contributed by atoms with Crippen molar-refractivity contribution < 1.29 is 9.53 Å². The molecule has 0 atom stereocenters. The third-order valence-electron chi connectivity index (χ3n) is 2.96. The van der Waals surface area contributed by atoms with Crippen LogP contribution < -0.4 is 10.1 Å². The molecule has 0 radical (unpaired) electrons. The Morgan fingerprint density at radius 2 is 2.00 bits per heavy atom. The van der Waals surface area contributed by atoms with E-state index in [0.29, 0.717) is 19.1 Å². The predicted octanol–water partition coefficient (Wildman–Crippen LogP) is 3.00. The molecule has 0 saturated carbocycles. The first-order valence-electron chi connectivity index (χ1n) is 7.30. The lowest BCUT2D eigenvalue weighted by molar-refractivity contribution is -0.117. The first kappa shape index (κ1) is 16.5. The van der Waals surface area contributed by atoms with Gasteiger partial charge in [-0.05, 0) is 31.1 Å². The van der Waals surface area contributed by atoms with Crippen molar-refractivity contribution in [2.24, 2.45) is 5.92 Å². The number of ether oxygens (including phenoxy) is 1. The van der Waals surface area contributed by atoms with Gasteiger partial charge in [0, 0.05) is 11.8 Å². The summed E-state index contributed by atoms with van der Waals surface area (Å²) in [6, 6.07) is 7.54. The molecule has 1 aromatic rings. The fraction of sp³-hybridized carbons (Fsp3) is 0.562. The molecule has 0 unspecified atom stereocenters. The minimum absolute atomic E-state index is 0.00899. The summed E-state index contributed by atoms with van der Waals surface area (Å²) in [6.45, 7) is 11.2. The molecule has 1 amide bonds. The molecule has 0 aliphatic heterocycles. The maximum Gasteiger partial charge on any atom is 0.238 e. The highest BCUT2D eigenvalue weighted by Crippen LogP contribution is 2.18. The molecule has 0 aromatic heterocycles. The third kappa shape index (κ3) is 6.06. The molecule has 112 valence electrons. The van der Waals surface area contributed by atoms with Crippen LogP contribution in [-0.4, -0.2) is 37.0 Å². The van der Waals surface area contributed by atoms with E-state index in [2.05, 4.69) is 37.9 Å². The van der Waals surface area contributed by atoms with E-state index in [0.717, 1.165) is 24.5 Å². The van der Waals surface area contributed by atoms with Crippen LogP contribution in [-0.2, 0) is 4.79 Å². The van der Waals surface area contributed by atoms with Crippen molar-refractivity contribution in [2.45, 2.75) is 27.7 Å². The minimum atomic E-state index is 0.00899. The second-order valence-electron chi connectivity index (χ2n) is 5.24. The highest BCUT2D eigenvalue weighted by molar-refractivity contribution is 5.92. The van der Waals surface area contributed by atoms with E-state index >= 15 is 0 Å². The zero-order valence-corrected chi connectivity index (χ0v) is 13.0. The second-order valence-corrected chi connectivity index (χ2v) is 5.24. The van der Waals surface area contributed by atoms with Gasteiger partial charge in [0.2, 0.25) is 5.91 Å². The molecule has 0 bridgehead atoms. The Morgan fingerprint density at radius 3 is 2.60 bits per heavy atom. The summed E-state index contributed by atoms with van der Waals surface area (Å²) in [5.41, 5.74) is 0.781. The number of carbonyl (C=O) groups is 1. The van der Waals surface area contributed by atoms with E-state index in [1.165, 1.54) is 0 Å². The van der Waals surface area contributed by atoms with Crippen LogP contribution in [0.4, 0.5) is 5.69 Å². The topological polar surface area (TPSA) is 41.6 Å². The highest BCUT2D eigenvalue weighted by atomic mass is 16.5. The molecule has 0 spiro atoms. The van der Waals surface area contributed by atoms with Crippen LogP contribution in [0.1, 0.15) is 27.7 Å². The summed E-state index contributed by atoms with van der Waals surface area (Å²) in [4.78, 5) is 14.0. The monoisotopic (exact) mass is 278 g/mol. The average molecular weight is 278 g/mol. The summed E-state index contributed by atoms with van der Waals surface area (Å²) in [7, 11) is 0. The van der Waals surface area contributed by atoms with Gasteiger partial charge in [-0.1, -0.05) is 33.8 Å². The molecule has 1 aromatic carbocycles. The molecule has 0 fully saturated rings. The Kier molecular flexibility index (Phi) is 7.09. The van der Waals surface area contributed by atoms with Gasteiger partial charge in [0.1, 0.15) is 5.75 Å². The highest BCUT2D eigenvalue weighted by Gasteiger charge is 2.08. The minimum Gasteiger partial charge on any atom is -0.493 e. The predicted molar refractivity (Wildman–Crippen MR) is 83.2 cm³/mol. The number of anilines is 1. The molecular formula is C16H26N2O2. The Hall–Kier alpha value is -1.55. The van der Waals surface area contributed by atoms with Crippen molar-refractivity contribution in [3.05, 3.63) is 24.3 Å². The fourth-order valence-electron chi connectivity index (χ4n) is 1.78. The number of nitrogens with one attached hydrogen (secondary N) is 1. The summed E-state index contributed by atoms with van der Waals surface area (Å²) in [5.74, 6) is 1.28. The van der Waals surface area contributed by atoms with Crippen LogP contribution in [0.2, 0.25) is 0 Å². The van der Waals surface area contributed by atoms with Crippen molar-refractivity contribution in [3.63, 3.8) is 0 Å². The van der Waals surface area contributed by atoms with Crippen LogP contribution >= 0.6 is 0 Å². The molecule has 4 heteroatoms. The molecule has 0 saturated heterocycles. The smallest absolute Gasteiger partial charge is 0.238 e. The van der Waals surface area contributed by atoms with Crippen molar-refractivity contribution in [1.29, 1.82) is 0 Å². The van der Waals surface area contributed by atoms with E-state index in [9.17, 15) is 4.79 Å². The van der Waals surface area contributed by atoms with E-state index in [-0.39, 0.29) is 5.91 Å². The van der Waals surface area contributed by atoms with Crippen LogP contribution in [0.25, 0.3) is 0 Å². The molecule has 0 aliphatic carbocycles. The van der Waals surface area contributed by atoms with Gasteiger partial charge in [0.25, 0.3) is 0 Å². The number of hydrogen-bond acceptors (Lipinski definition) is 3. The first-order chi connectivity index (χ1) is 9.55. The van der Waals surface area contributed by atoms with E-state index < -0.39 is 0 Å². The van der Waals surface area contributed by atoms with Crippen LogP contribution in [0.3, 0.4) is 0 Å². The molecule has 0 aliphatic rings. The zero-order valence-electron chi connectivity index (χ0n) is 13.0. The molecular weight excluding hydrogens is 252 g/mol. The lowest BCUT2D eigenvalue weighted by Gasteiger charge is -2.17. The third-order valence-corrected chi connectivity index (χ3v) is 2.96. The van der Waals surface area contributed by atoms with Gasteiger partial charge in [-0.2, -0.15) is 0 Å². The summed E-state index contributed by atoms with van der Waals surface area (Å²) >= 11 is 0. The van der Waals surface area contributed by atoms with Crippen LogP contribution in [0.5, 0.6) is 5.75 Å². The van der Waals surface area contributed by atoms with Gasteiger partial charge < -0.3 is 10.1 Å². The molecule has 4 nitrogen and oxygen atoms in total. The van der Waals surface area contributed by atoms with Crippen molar-refractivity contribution >= 4 is 11.6 Å². The Bertz CT molecular complexity index is 415. The standard InChI is InChI=1S/C16H26N2O2/c1-5-18(6-2)11-16(19)17-14-8-7-9-15(10-14)20-12-13(3)4/h7-10,13H,5-6,11-12H2,1-4H3,(H,17,19). The number of amides is 1. The van der Waals surface area contributed by atoms with Gasteiger partial charge in [-0.15, -0.1) is 0 Å². The average Bonchev–Trinajstić information content (AvgIpc) is 2.43. The molecule has 1 rings (SSSR count). The number of hydrogen-bond donors (Lipinski definition) is 1. The van der Waals surface area contributed by atoms with Crippen LogP contribution in [0.15, 0.2) is 24.3 Å². The maximum absolute atomic E-state index is 11.9. The zero-order chi connectivity index (χ0) is 15.0. The number of likely N-dealkylation sites (N-methyl/N-ethyl adjacent to an activating group) is 1. The Balaban J connectivity index is 2.54. The van der Waals surface area contributed by atoms with Gasteiger partial charge in [0.05, 0.1) is 13.2 Å². The largest absolute Gasteiger partial charge is 0.493 e. The van der Waals surface area contributed by atoms with Gasteiger partial charge >= 0.3 is 0 Å². The van der Waals surface area contributed by atoms with Gasteiger partial charge in [0.15, 0.2) is 0 Å². The van der Waals surface area contributed by atoms with Gasteiger partial charge in [-0.3, -0.25) is 9.69 Å². The number of carbonyl (C=O) groups excluding carboxylic acids is 1. The van der Waals surface area contributed by atoms with Crippen molar-refractivity contribution in [1.82, 2.24) is 4.90 Å². The van der Waals surface area contributed by atoms with Crippen molar-refractivity contribution in [3.8, 4) is 5.75 Å². The van der Waals surface area contributed by atoms with E-state index in [1.807, 2.05) is 24.3 Å². The first-order valence-corrected chi connectivity index (χ1v) is 7.30. The second kappa shape index (κ2) is 8.59. The van der Waals surface area contributed by atoms with Gasteiger partial charge in [-0.25, -0.2) is 0 Å². The summed E-state index contributed by atoms with van der Waals surface area (Å²) < 4.78 is 5.65. The SMILES string of the molecule is CCN(CC)CC(=O)Nc1cccc(OCC(C)C)c1. The quantitative estimate of drug-likeness (QED) is 0.795. The summed E-state index contributed by atoms with van der Waals surface area (Å²) in [6.07, 6.45) is 0. The van der Waals surface area contributed by atoms with Crippen LogP contribution in [0, 0.1) is 5.92 Å². The van der Waals surface area contributed by atoms with Crippen molar-refractivity contribution in [2.75, 3.05) is 31.6 Å². The number of rotatable bonds is 8. The lowest BCUT2D eigenvalue weighted by Crippen LogP contribution is -2.32. The Labute approximate surface area is 122 Å². The maximum atomic E-state index is 11.9. The van der Waals surface area contributed by atoms with E-state index in [1.54, 1.807) is 0 Å². The molecule has 20 heavy (non-hydrogen) atoms.